The molecule has 1 amide bonds. The molecule has 0 aromatic heterocycles. The molecule has 1 fully saturated rings. The van der Waals surface area contributed by atoms with Crippen LogP contribution in [-0.2, 0) is 17.9 Å². The van der Waals surface area contributed by atoms with Crippen LogP contribution in [0.2, 0.25) is 0 Å². The van der Waals surface area contributed by atoms with Crippen molar-refractivity contribution in [3.05, 3.63) is 34.9 Å². The van der Waals surface area contributed by atoms with Crippen LogP contribution in [0.5, 0.6) is 0 Å². The van der Waals surface area contributed by atoms with Gasteiger partial charge in [0.1, 0.15) is 0 Å². The fraction of sp³-hybridized carbons (Fsp3) is 0.611. The van der Waals surface area contributed by atoms with E-state index in [0.717, 1.165) is 37.9 Å². The van der Waals surface area contributed by atoms with Gasteiger partial charge in [-0.25, -0.2) is 0 Å². The second kappa shape index (κ2) is 6.18. The predicted molar refractivity (Wildman–Crippen MR) is 82.5 cm³/mol. The van der Waals surface area contributed by atoms with Crippen molar-refractivity contribution in [3.63, 3.8) is 0 Å². The molecule has 0 saturated heterocycles. The Morgan fingerprint density at radius 3 is 2.67 bits per heavy atom. The number of benzene rings is 1. The molecule has 3 nitrogen and oxygen atoms in total. The lowest BCUT2D eigenvalue weighted by Gasteiger charge is -2.25. The Kier molecular flexibility index (Phi) is 4.29. The highest BCUT2D eigenvalue weighted by Gasteiger charge is 2.30. The summed E-state index contributed by atoms with van der Waals surface area (Å²) < 4.78 is 0. The summed E-state index contributed by atoms with van der Waals surface area (Å²) >= 11 is 0. The molecule has 1 saturated carbocycles. The van der Waals surface area contributed by atoms with E-state index in [1.165, 1.54) is 30.4 Å². The standard InChI is InChI=1S/C18H25NO2/c1-2-17(20)14-8-9-15-11-19(12-16(15)10-14)18(21)13-6-4-3-5-7-13/h8-10,13,17,20H,2-7,11-12H2,1H3. The van der Waals surface area contributed by atoms with Crippen LogP contribution in [0.3, 0.4) is 0 Å². The van der Waals surface area contributed by atoms with E-state index in [1.54, 1.807) is 0 Å². The lowest BCUT2D eigenvalue weighted by Crippen LogP contribution is -2.33. The third-order valence-electron chi connectivity index (χ3n) is 4.99. The maximum absolute atomic E-state index is 12.6. The Morgan fingerprint density at radius 1 is 1.24 bits per heavy atom. The zero-order valence-electron chi connectivity index (χ0n) is 12.8. The summed E-state index contributed by atoms with van der Waals surface area (Å²) in [5, 5.41) is 9.96. The fourth-order valence-corrected chi connectivity index (χ4v) is 3.62. The van der Waals surface area contributed by atoms with Crippen LogP contribution in [0.4, 0.5) is 0 Å². The molecular weight excluding hydrogens is 262 g/mol. The van der Waals surface area contributed by atoms with Crippen molar-refractivity contribution in [1.82, 2.24) is 4.90 Å². The van der Waals surface area contributed by atoms with Crippen LogP contribution < -0.4 is 0 Å². The van der Waals surface area contributed by atoms with Crippen LogP contribution in [-0.4, -0.2) is 15.9 Å². The molecule has 1 N–H and O–H groups in total. The second-order valence-corrected chi connectivity index (χ2v) is 6.48. The monoisotopic (exact) mass is 287 g/mol. The fourth-order valence-electron chi connectivity index (χ4n) is 3.62. The van der Waals surface area contributed by atoms with Crippen LogP contribution >= 0.6 is 0 Å². The van der Waals surface area contributed by atoms with Crippen molar-refractivity contribution < 1.29 is 9.90 Å². The zero-order chi connectivity index (χ0) is 14.8. The quantitative estimate of drug-likeness (QED) is 0.923. The largest absolute Gasteiger partial charge is 0.388 e. The summed E-state index contributed by atoms with van der Waals surface area (Å²) in [6.07, 6.45) is 6.13. The van der Waals surface area contributed by atoms with Crippen molar-refractivity contribution in [2.24, 2.45) is 5.92 Å². The van der Waals surface area contributed by atoms with Gasteiger partial charge in [-0.15, -0.1) is 0 Å². The summed E-state index contributed by atoms with van der Waals surface area (Å²) in [7, 11) is 0. The van der Waals surface area contributed by atoms with Gasteiger partial charge in [0, 0.05) is 19.0 Å². The first-order valence-electron chi connectivity index (χ1n) is 8.27. The Labute approximate surface area is 127 Å². The molecule has 0 spiro atoms. The van der Waals surface area contributed by atoms with Gasteiger partial charge in [0.05, 0.1) is 6.10 Å². The maximum atomic E-state index is 12.6. The summed E-state index contributed by atoms with van der Waals surface area (Å²) in [5.41, 5.74) is 3.43. The highest BCUT2D eigenvalue weighted by molar-refractivity contribution is 5.79. The molecule has 1 aromatic carbocycles. The van der Waals surface area contributed by atoms with Crippen molar-refractivity contribution in [2.75, 3.05) is 0 Å². The minimum atomic E-state index is -0.390. The third kappa shape index (κ3) is 2.98. The molecule has 0 bridgehead atoms. The molecule has 114 valence electrons. The van der Waals surface area contributed by atoms with Gasteiger partial charge < -0.3 is 10.0 Å². The Balaban J connectivity index is 1.70. The van der Waals surface area contributed by atoms with E-state index in [0.29, 0.717) is 5.91 Å². The molecule has 1 aliphatic heterocycles. The number of hydrogen-bond acceptors (Lipinski definition) is 2. The third-order valence-corrected chi connectivity index (χ3v) is 4.99. The van der Waals surface area contributed by atoms with Gasteiger partial charge in [0.15, 0.2) is 0 Å². The number of hydrogen-bond donors (Lipinski definition) is 1. The van der Waals surface area contributed by atoms with E-state index < -0.39 is 6.10 Å². The van der Waals surface area contributed by atoms with Crippen molar-refractivity contribution in [2.45, 2.75) is 64.6 Å². The number of aliphatic hydroxyl groups excluding tert-OH is 1. The Morgan fingerprint density at radius 2 is 1.95 bits per heavy atom. The van der Waals surface area contributed by atoms with Crippen LogP contribution in [0, 0.1) is 5.92 Å². The number of nitrogens with zero attached hydrogens (tertiary/aromatic N) is 1. The van der Waals surface area contributed by atoms with Gasteiger partial charge in [0.25, 0.3) is 0 Å². The Bertz CT molecular complexity index is 520. The van der Waals surface area contributed by atoms with Crippen LogP contribution in [0.25, 0.3) is 0 Å². The van der Waals surface area contributed by atoms with E-state index in [9.17, 15) is 9.90 Å². The smallest absolute Gasteiger partial charge is 0.226 e. The first-order valence-corrected chi connectivity index (χ1v) is 8.27. The zero-order valence-corrected chi connectivity index (χ0v) is 12.8. The van der Waals surface area contributed by atoms with E-state index >= 15 is 0 Å². The summed E-state index contributed by atoms with van der Waals surface area (Å²) in [4.78, 5) is 14.6. The van der Waals surface area contributed by atoms with Crippen molar-refractivity contribution >= 4 is 5.91 Å². The van der Waals surface area contributed by atoms with Crippen molar-refractivity contribution in [1.29, 1.82) is 0 Å². The first kappa shape index (κ1) is 14.6. The normalized spacial score (nSPS) is 20.4. The number of aliphatic hydroxyl groups is 1. The average Bonchev–Trinajstić information content (AvgIpc) is 2.97. The topological polar surface area (TPSA) is 40.5 Å². The maximum Gasteiger partial charge on any atom is 0.226 e. The minimum absolute atomic E-state index is 0.244. The lowest BCUT2D eigenvalue weighted by atomic mass is 9.88. The first-order chi connectivity index (χ1) is 10.2. The predicted octanol–water partition coefficient (Wildman–Crippen LogP) is 3.55. The number of carbonyl (C=O) groups excluding carboxylic acids is 1. The van der Waals surface area contributed by atoms with E-state index in [1.807, 2.05) is 17.9 Å². The van der Waals surface area contributed by atoms with E-state index in [4.69, 9.17) is 0 Å². The molecule has 1 unspecified atom stereocenters. The van der Waals surface area contributed by atoms with Gasteiger partial charge in [-0.2, -0.15) is 0 Å². The average molecular weight is 287 g/mol. The highest BCUT2D eigenvalue weighted by Crippen LogP contribution is 2.31. The number of carbonyl (C=O) groups is 1. The highest BCUT2D eigenvalue weighted by atomic mass is 16.3. The van der Waals surface area contributed by atoms with Gasteiger partial charge in [-0.3, -0.25) is 4.79 Å². The number of fused-ring (bicyclic) bond motifs is 1. The second-order valence-electron chi connectivity index (χ2n) is 6.48. The van der Waals surface area contributed by atoms with Crippen LogP contribution in [0.15, 0.2) is 18.2 Å². The molecule has 0 radical (unpaired) electrons. The molecule has 3 rings (SSSR count). The number of rotatable bonds is 3. The number of amides is 1. The van der Waals surface area contributed by atoms with Crippen LogP contribution in [0.1, 0.15) is 68.2 Å². The molecule has 1 atom stereocenters. The lowest BCUT2D eigenvalue weighted by molar-refractivity contribution is -0.137. The van der Waals surface area contributed by atoms with Gasteiger partial charge >= 0.3 is 0 Å². The van der Waals surface area contributed by atoms with Gasteiger partial charge in [-0.05, 0) is 36.0 Å². The summed E-state index contributed by atoms with van der Waals surface area (Å²) in [6.45, 7) is 3.44. The molecule has 2 aliphatic rings. The molecule has 1 heterocycles. The summed E-state index contributed by atoms with van der Waals surface area (Å²) in [6, 6.07) is 6.16. The van der Waals surface area contributed by atoms with Crippen molar-refractivity contribution in [3.8, 4) is 0 Å². The Hall–Kier alpha value is -1.35. The SMILES string of the molecule is CCC(O)c1ccc2c(c1)CN(C(=O)C1CCCCC1)C2. The molecular formula is C18H25NO2. The minimum Gasteiger partial charge on any atom is -0.388 e. The van der Waals surface area contributed by atoms with Gasteiger partial charge in [-0.1, -0.05) is 44.4 Å². The van der Waals surface area contributed by atoms with E-state index in [2.05, 4.69) is 12.1 Å². The van der Waals surface area contributed by atoms with Gasteiger partial charge in [0.2, 0.25) is 5.91 Å². The molecule has 1 aromatic rings. The molecule has 3 heteroatoms. The van der Waals surface area contributed by atoms with E-state index in [-0.39, 0.29) is 5.92 Å². The molecule has 21 heavy (non-hydrogen) atoms. The molecule has 1 aliphatic carbocycles. The summed E-state index contributed by atoms with van der Waals surface area (Å²) in [5.74, 6) is 0.581.